The third kappa shape index (κ3) is 3.49. The van der Waals surface area contributed by atoms with Crippen molar-refractivity contribution >= 4 is 21.6 Å². The van der Waals surface area contributed by atoms with Gasteiger partial charge in [0.05, 0.1) is 6.61 Å². The second-order valence-corrected chi connectivity index (χ2v) is 5.32. The Bertz CT molecular complexity index is 570. The molecule has 0 aliphatic heterocycles. The van der Waals surface area contributed by atoms with Crippen molar-refractivity contribution in [3.05, 3.63) is 52.5 Å². The van der Waals surface area contributed by atoms with Gasteiger partial charge >= 0.3 is 0 Å². The lowest BCUT2D eigenvalue weighted by Gasteiger charge is -2.15. The molecule has 2 rings (SSSR count). The van der Waals surface area contributed by atoms with Crippen LogP contribution in [0.15, 0.2) is 46.9 Å². The van der Waals surface area contributed by atoms with Crippen molar-refractivity contribution in [2.75, 3.05) is 19.0 Å². The second kappa shape index (κ2) is 6.08. The van der Waals surface area contributed by atoms with E-state index in [2.05, 4.69) is 15.9 Å². The number of benzene rings is 2. The first-order valence-corrected chi connectivity index (χ1v) is 6.74. The highest BCUT2D eigenvalue weighted by atomic mass is 79.9. The summed E-state index contributed by atoms with van der Waals surface area (Å²) in [6, 6.07) is 13.4. The molecule has 0 saturated carbocycles. The van der Waals surface area contributed by atoms with E-state index in [0.29, 0.717) is 5.75 Å². The van der Waals surface area contributed by atoms with Crippen LogP contribution in [-0.2, 0) is 6.61 Å². The van der Waals surface area contributed by atoms with Crippen LogP contribution in [0, 0.1) is 0 Å². The lowest BCUT2D eigenvalue weighted by Crippen LogP contribution is -2.08. The van der Waals surface area contributed by atoms with E-state index in [1.807, 2.05) is 61.5 Å². The van der Waals surface area contributed by atoms with Crippen LogP contribution in [0.1, 0.15) is 5.56 Å². The lowest BCUT2D eigenvalue weighted by atomic mass is 10.2. The molecule has 19 heavy (non-hydrogen) atoms. The summed E-state index contributed by atoms with van der Waals surface area (Å²) in [7, 11) is 3.97. The molecule has 0 radical (unpaired) electrons. The average Bonchev–Trinajstić information content (AvgIpc) is 2.41. The highest BCUT2D eigenvalue weighted by Crippen LogP contribution is 2.29. The second-order valence-electron chi connectivity index (χ2n) is 4.40. The van der Waals surface area contributed by atoms with Crippen molar-refractivity contribution in [2.45, 2.75) is 6.61 Å². The van der Waals surface area contributed by atoms with Crippen molar-refractivity contribution in [3.8, 4) is 11.5 Å². The van der Waals surface area contributed by atoms with Gasteiger partial charge in [0.1, 0.15) is 11.5 Å². The zero-order valence-electron chi connectivity index (χ0n) is 10.9. The third-order valence-corrected chi connectivity index (χ3v) is 3.25. The van der Waals surface area contributed by atoms with Crippen molar-refractivity contribution < 1.29 is 9.84 Å². The minimum Gasteiger partial charge on any atom is -0.457 e. The first-order chi connectivity index (χ1) is 9.10. The Hall–Kier alpha value is -1.52. The largest absolute Gasteiger partial charge is 0.457 e. The third-order valence-electron chi connectivity index (χ3n) is 2.75. The molecule has 2 aromatic carbocycles. The molecule has 0 fully saturated rings. The van der Waals surface area contributed by atoms with E-state index >= 15 is 0 Å². The Labute approximate surface area is 121 Å². The molecular formula is C15H16BrNO2. The fourth-order valence-corrected chi connectivity index (χ4v) is 2.13. The van der Waals surface area contributed by atoms with Gasteiger partial charge in [0.25, 0.3) is 0 Å². The standard InChI is InChI=1S/C15H16BrNO2/c1-17(2)13-4-3-5-14(9-13)19-15-7-6-12(16)8-11(15)10-18/h3-9,18H,10H2,1-2H3. The van der Waals surface area contributed by atoms with Crippen LogP contribution in [0.5, 0.6) is 11.5 Å². The molecule has 0 spiro atoms. The zero-order chi connectivity index (χ0) is 13.8. The first-order valence-electron chi connectivity index (χ1n) is 5.94. The summed E-state index contributed by atoms with van der Waals surface area (Å²) < 4.78 is 6.76. The number of aliphatic hydroxyl groups is 1. The molecule has 0 saturated heterocycles. The van der Waals surface area contributed by atoms with Gasteiger partial charge in [-0.2, -0.15) is 0 Å². The van der Waals surface area contributed by atoms with Crippen molar-refractivity contribution in [1.82, 2.24) is 0 Å². The number of anilines is 1. The van der Waals surface area contributed by atoms with Crippen LogP contribution in [0.25, 0.3) is 0 Å². The van der Waals surface area contributed by atoms with Gasteiger partial charge in [-0.05, 0) is 30.3 Å². The number of halogens is 1. The summed E-state index contributed by atoms with van der Waals surface area (Å²) in [5.74, 6) is 1.42. The normalized spacial score (nSPS) is 10.3. The Morgan fingerprint density at radius 2 is 1.95 bits per heavy atom. The predicted octanol–water partition coefficient (Wildman–Crippen LogP) is 3.80. The molecular weight excluding hydrogens is 306 g/mol. The van der Waals surface area contributed by atoms with Crippen LogP contribution in [-0.4, -0.2) is 19.2 Å². The van der Waals surface area contributed by atoms with E-state index in [9.17, 15) is 5.11 Å². The molecule has 2 aromatic rings. The van der Waals surface area contributed by atoms with E-state index < -0.39 is 0 Å². The lowest BCUT2D eigenvalue weighted by molar-refractivity contribution is 0.276. The Kier molecular flexibility index (Phi) is 4.45. The molecule has 0 aromatic heterocycles. The van der Waals surface area contributed by atoms with Gasteiger partial charge in [-0.3, -0.25) is 0 Å². The monoisotopic (exact) mass is 321 g/mol. The molecule has 0 aliphatic rings. The minimum atomic E-state index is -0.0534. The number of rotatable bonds is 4. The average molecular weight is 322 g/mol. The number of hydrogen-bond donors (Lipinski definition) is 1. The summed E-state index contributed by atoms with van der Waals surface area (Å²) >= 11 is 3.38. The Morgan fingerprint density at radius 3 is 2.63 bits per heavy atom. The summed E-state index contributed by atoms with van der Waals surface area (Å²) in [6.07, 6.45) is 0. The fourth-order valence-electron chi connectivity index (χ4n) is 1.72. The van der Waals surface area contributed by atoms with E-state index in [0.717, 1.165) is 21.5 Å². The fraction of sp³-hybridized carbons (Fsp3) is 0.200. The van der Waals surface area contributed by atoms with Crippen LogP contribution < -0.4 is 9.64 Å². The summed E-state index contributed by atoms with van der Waals surface area (Å²) in [5.41, 5.74) is 1.82. The topological polar surface area (TPSA) is 32.7 Å². The quantitative estimate of drug-likeness (QED) is 0.929. The summed E-state index contributed by atoms with van der Waals surface area (Å²) in [4.78, 5) is 2.02. The number of nitrogens with zero attached hydrogens (tertiary/aromatic N) is 1. The molecule has 0 unspecified atom stereocenters. The van der Waals surface area contributed by atoms with E-state index in [4.69, 9.17) is 4.74 Å². The molecule has 1 N–H and O–H groups in total. The van der Waals surface area contributed by atoms with Gasteiger partial charge in [0, 0.05) is 35.9 Å². The van der Waals surface area contributed by atoms with Crippen LogP contribution in [0.3, 0.4) is 0 Å². The minimum absolute atomic E-state index is 0.0534. The highest BCUT2D eigenvalue weighted by Gasteiger charge is 2.06. The molecule has 0 amide bonds. The first kappa shape index (κ1) is 13.9. The Balaban J connectivity index is 2.28. The van der Waals surface area contributed by atoms with Gasteiger partial charge < -0.3 is 14.7 Å². The van der Waals surface area contributed by atoms with Crippen LogP contribution in [0.4, 0.5) is 5.69 Å². The highest BCUT2D eigenvalue weighted by molar-refractivity contribution is 9.10. The predicted molar refractivity (Wildman–Crippen MR) is 80.9 cm³/mol. The van der Waals surface area contributed by atoms with E-state index in [1.165, 1.54) is 0 Å². The summed E-state index contributed by atoms with van der Waals surface area (Å²) in [5, 5.41) is 9.35. The van der Waals surface area contributed by atoms with Gasteiger partial charge in [-0.1, -0.05) is 22.0 Å². The molecule has 0 bridgehead atoms. The van der Waals surface area contributed by atoms with Crippen molar-refractivity contribution in [3.63, 3.8) is 0 Å². The molecule has 0 heterocycles. The summed E-state index contributed by atoms with van der Waals surface area (Å²) in [6.45, 7) is -0.0534. The van der Waals surface area contributed by atoms with Crippen molar-refractivity contribution in [1.29, 1.82) is 0 Å². The molecule has 3 nitrogen and oxygen atoms in total. The maximum Gasteiger partial charge on any atom is 0.133 e. The van der Waals surface area contributed by atoms with E-state index in [-0.39, 0.29) is 6.61 Å². The van der Waals surface area contributed by atoms with Crippen molar-refractivity contribution in [2.24, 2.45) is 0 Å². The maximum absolute atomic E-state index is 9.35. The van der Waals surface area contributed by atoms with Gasteiger partial charge in [0.2, 0.25) is 0 Å². The Morgan fingerprint density at radius 1 is 1.16 bits per heavy atom. The maximum atomic E-state index is 9.35. The van der Waals surface area contributed by atoms with Gasteiger partial charge in [0.15, 0.2) is 0 Å². The number of hydrogen-bond acceptors (Lipinski definition) is 3. The number of ether oxygens (including phenoxy) is 1. The van der Waals surface area contributed by atoms with Gasteiger partial charge in [-0.25, -0.2) is 0 Å². The smallest absolute Gasteiger partial charge is 0.133 e. The molecule has 0 aliphatic carbocycles. The molecule has 100 valence electrons. The zero-order valence-corrected chi connectivity index (χ0v) is 12.5. The number of aliphatic hydroxyl groups excluding tert-OH is 1. The van der Waals surface area contributed by atoms with Gasteiger partial charge in [-0.15, -0.1) is 0 Å². The molecule has 4 heteroatoms. The van der Waals surface area contributed by atoms with Crippen LogP contribution in [0.2, 0.25) is 0 Å². The molecule has 0 atom stereocenters. The SMILES string of the molecule is CN(C)c1cccc(Oc2ccc(Br)cc2CO)c1. The van der Waals surface area contributed by atoms with Crippen LogP contribution >= 0.6 is 15.9 Å². The van der Waals surface area contributed by atoms with E-state index in [1.54, 1.807) is 0 Å².